The number of likely N-dealkylation sites (tertiary alicyclic amines) is 1. The van der Waals surface area contributed by atoms with Crippen molar-refractivity contribution >= 4 is 31.5 Å². The Morgan fingerprint density at radius 2 is 1.83 bits per heavy atom. The molecule has 0 bridgehead atoms. The van der Waals surface area contributed by atoms with Crippen LogP contribution in [0.1, 0.15) is 42.1 Å². The fourth-order valence-electron chi connectivity index (χ4n) is 5.08. The Hall–Kier alpha value is -1.65. The van der Waals surface area contributed by atoms with Gasteiger partial charge in [0.2, 0.25) is 10.0 Å². The van der Waals surface area contributed by atoms with Gasteiger partial charge in [-0.05, 0) is 63.0 Å². The maximum Gasteiger partial charge on any atom is 0.251 e. The number of sulfone groups is 1. The van der Waals surface area contributed by atoms with Crippen LogP contribution in [0.2, 0.25) is 0 Å². The molecule has 3 aliphatic rings. The highest BCUT2D eigenvalue weighted by Crippen LogP contribution is 2.34. The van der Waals surface area contributed by atoms with Crippen LogP contribution in [0.25, 0.3) is 0 Å². The van der Waals surface area contributed by atoms with Crippen molar-refractivity contribution in [3.05, 3.63) is 29.3 Å². The van der Waals surface area contributed by atoms with Gasteiger partial charge >= 0.3 is 0 Å². The second-order valence-corrected chi connectivity index (χ2v) is 12.8. The van der Waals surface area contributed by atoms with E-state index in [0.717, 1.165) is 37.9 Å². The number of anilines is 1. The van der Waals surface area contributed by atoms with Gasteiger partial charge in [0, 0.05) is 17.6 Å². The van der Waals surface area contributed by atoms with Gasteiger partial charge in [0.15, 0.2) is 9.84 Å². The highest BCUT2D eigenvalue weighted by Gasteiger charge is 2.42. The van der Waals surface area contributed by atoms with Crippen LogP contribution in [0.4, 0.5) is 5.69 Å². The van der Waals surface area contributed by atoms with E-state index in [4.69, 9.17) is 0 Å². The highest BCUT2D eigenvalue weighted by atomic mass is 32.2. The first-order valence-corrected chi connectivity index (χ1v) is 14.1. The Morgan fingerprint density at radius 1 is 1.13 bits per heavy atom. The van der Waals surface area contributed by atoms with Gasteiger partial charge in [-0.25, -0.2) is 16.8 Å². The molecular weight excluding hydrogens is 426 g/mol. The van der Waals surface area contributed by atoms with Crippen LogP contribution in [0.3, 0.4) is 0 Å². The fourth-order valence-corrected chi connectivity index (χ4v) is 8.29. The van der Waals surface area contributed by atoms with Gasteiger partial charge in [0.1, 0.15) is 0 Å². The van der Waals surface area contributed by atoms with E-state index in [0.29, 0.717) is 17.7 Å². The molecule has 2 saturated heterocycles. The average Bonchev–Trinajstić information content (AvgIpc) is 3.16. The molecule has 0 saturated carbocycles. The molecule has 0 unspecified atom stereocenters. The van der Waals surface area contributed by atoms with Crippen LogP contribution < -0.4 is 9.62 Å². The number of hydrogen-bond donors (Lipinski definition) is 1. The molecule has 8 nitrogen and oxygen atoms in total. The first-order valence-electron chi connectivity index (χ1n) is 10.4. The number of nitrogens with zero attached hydrogens (tertiary/aromatic N) is 2. The van der Waals surface area contributed by atoms with Crippen LogP contribution in [-0.4, -0.2) is 76.6 Å². The molecule has 1 aromatic rings. The SMILES string of the molecule is C[C@@H]1Cc2cc(C(=O)N[C@H]3CS(=O)(=O)C[C@H]3N3CCCCC3)ccc2N1S(C)(=O)=O. The van der Waals surface area contributed by atoms with Crippen molar-refractivity contribution in [2.45, 2.75) is 50.7 Å². The Labute approximate surface area is 178 Å². The second-order valence-electron chi connectivity index (χ2n) is 8.78. The van der Waals surface area contributed by atoms with Crippen molar-refractivity contribution in [3.8, 4) is 0 Å². The van der Waals surface area contributed by atoms with Gasteiger partial charge in [-0.3, -0.25) is 14.0 Å². The van der Waals surface area contributed by atoms with Crippen LogP contribution in [-0.2, 0) is 26.3 Å². The van der Waals surface area contributed by atoms with Crippen LogP contribution in [0.15, 0.2) is 18.2 Å². The Balaban J connectivity index is 1.53. The molecule has 3 aliphatic heterocycles. The minimum Gasteiger partial charge on any atom is -0.347 e. The minimum absolute atomic E-state index is 0.0380. The predicted molar refractivity (Wildman–Crippen MR) is 116 cm³/mol. The summed E-state index contributed by atoms with van der Waals surface area (Å²) in [7, 11) is -6.58. The van der Waals surface area contributed by atoms with Gasteiger partial charge in [0.25, 0.3) is 5.91 Å². The highest BCUT2D eigenvalue weighted by molar-refractivity contribution is 7.92. The molecule has 0 spiro atoms. The van der Waals surface area contributed by atoms with Crippen molar-refractivity contribution in [2.24, 2.45) is 0 Å². The number of hydrogen-bond acceptors (Lipinski definition) is 6. The largest absolute Gasteiger partial charge is 0.347 e. The maximum absolute atomic E-state index is 12.9. The summed E-state index contributed by atoms with van der Waals surface area (Å²) in [5.74, 6) is -0.264. The summed E-state index contributed by atoms with van der Waals surface area (Å²) < 4.78 is 50.1. The summed E-state index contributed by atoms with van der Waals surface area (Å²) in [6, 6.07) is 4.20. The molecular formula is C20H29N3O5S2. The number of rotatable bonds is 4. The van der Waals surface area contributed by atoms with E-state index >= 15 is 0 Å². The predicted octanol–water partition coefficient (Wildman–Crippen LogP) is 0.779. The number of benzene rings is 1. The fraction of sp³-hybridized carbons (Fsp3) is 0.650. The van der Waals surface area contributed by atoms with Crippen molar-refractivity contribution in [1.29, 1.82) is 0 Å². The van der Waals surface area contributed by atoms with E-state index in [1.807, 2.05) is 6.92 Å². The molecule has 3 heterocycles. The third-order valence-corrected chi connectivity index (χ3v) is 9.34. The average molecular weight is 456 g/mol. The molecule has 0 radical (unpaired) electrons. The summed E-state index contributed by atoms with van der Waals surface area (Å²) in [5.41, 5.74) is 1.85. The zero-order valence-corrected chi connectivity index (χ0v) is 19.0. The first-order chi connectivity index (χ1) is 14.0. The van der Waals surface area contributed by atoms with Gasteiger partial charge in [-0.15, -0.1) is 0 Å². The first kappa shape index (κ1) is 21.6. The molecule has 3 atom stereocenters. The third kappa shape index (κ3) is 4.22. The molecule has 0 aliphatic carbocycles. The van der Waals surface area contributed by atoms with E-state index in [9.17, 15) is 21.6 Å². The zero-order chi connectivity index (χ0) is 21.7. The normalized spacial score (nSPS) is 29.0. The van der Waals surface area contributed by atoms with E-state index in [2.05, 4.69) is 10.2 Å². The summed E-state index contributed by atoms with van der Waals surface area (Å²) in [5, 5.41) is 2.95. The monoisotopic (exact) mass is 455 g/mol. The summed E-state index contributed by atoms with van der Waals surface area (Å²) in [6.07, 6.45) is 4.98. The quantitative estimate of drug-likeness (QED) is 0.720. The maximum atomic E-state index is 12.9. The minimum atomic E-state index is -3.39. The number of sulfonamides is 1. The van der Waals surface area contributed by atoms with Gasteiger partial charge in [-0.1, -0.05) is 6.42 Å². The molecule has 2 fully saturated rings. The molecule has 1 aromatic carbocycles. The topological polar surface area (TPSA) is 104 Å². The lowest BCUT2D eigenvalue weighted by molar-refractivity contribution is 0.0900. The van der Waals surface area contributed by atoms with E-state index in [1.165, 1.54) is 10.6 Å². The molecule has 10 heteroatoms. The zero-order valence-electron chi connectivity index (χ0n) is 17.4. The lowest BCUT2D eigenvalue weighted by atomic mass is 10.0. The number of carbonyl (C=O) groups excluding carboxylic acids is 1. The molecule has 30 heavy (non-hydrogen) atoms. The number of fused-ring (bicyclic) bond motifs is 1. The summed E-state index contributed by atoms with van der Waals surface area (Å²) >= 11 is 0. The number of piperidine rings is 1. The summed E-state index contributed by atoms with van der Waals surface area (Å²) in [4.78, 5) is 15.1. The van der Waals surface area contributed by atoms with Crippen LogP contribution in [0, 0.1) is 0 Å². The lowest BCUT2D eigenvalue weighted by Crippen LogP contribution is -2.52. The summed E-state index contributed by atoms with van der Waals surface area (Å²) in [6.45, 7) is 3.57. The van der Waals surface area contributed by atoms with Gasteiger partial charge in [-0.2, -0.15) is 0 Å². The van der Waals surface area contributed by atoms with Gasteiger partial charge < -0.3 is 5.32 Å². The molecule has 166 valence electrons. The lowest BCUT2D eigenvalue weighted by Gasteiger charge is -2.35. The smallest absolute Gasteiger partial charge is 0.251 e. The number of nitrogens with one attached hydrogen (secondary N) is 1. The molecule has 0 aromatic heterocycles. The Kier molecular flexibility index (Phi) is 5.61. The van der Waals surface area contributed by atoms with E-state index in [-0.39, 0.29) is 29.5 Å². The Morgan fingerprint density at radius 3 is 2.50 bits per heavy atom. The Bertz CT molecular complexity index is 1050. The molecule has 1 amide bonds. The van der Waals surface area contributed by atoms with Gasteiger partial charge in [0.05, 0.1) is 29.5 Å². The van der Waals surface area contributed by atoms with Crippen LogP contribution >= 0.6 is 0 Å². The second kappa shape index (κ2) is 7.80. The van der Waals surface area contributed by atoms with E-state index < -0.39 is 25.9 Å². The van der Waals surface area contributed by atoms with Crippen molar-refractivity contribution in [3.63, 3.8) is 0 Å². The van der Waals surface area contributed by atoms with Crippen LogP contribution in [0.5, 0.6) is 0 Å². The van der Waals surface area contributed by atoms with Crippen molar-refractivity contribution < 1.29 is 21.6 Å². The standard InChI is InChI=1S/C20H29N3O5S2/c1-14-10-16-11-15(6-7-18(16)23(14)29(2,25)26)20(24)21-17-12-30(27,28)13-19(17)22-8-4-3-5-9-22/h6-7,11,14,17,19H,3-5,8-10,12-13H2,1-2H3,(H,21,24)/t14-,17+,19-/m1/s1. The third-order valence-electron chi connectivity index (χ3n) is 6.35. The number of carbonyl (C=O) groups is 1. The number of amides is 1. The molecule has 4 rings (SSSR count). The molecule has 1 N–H and O–H groups in total. The van der Waals surface area contributed by atoms with E-state index in [1.54, 1.807) is 18.2 Å². The van der Waals surface area contributed by atoms with Crippen molar-refractivity contribution in [1.82, 2.24) is 10.2 Å². The van der Waals surface area contributed by atoms with Crippen molar-refractivity contribution in [2.75, 3.05) is 35.2 Å².